The number of ether oxygens (including phenoxy) is 1. The number of amides is 1. The van der Waals surface area contributed by atoms with Crippen LogP contribution in [0, 0.1) is 5.41 Å². The van der Waals surface area contributed by atoms with Crippen molar-refractivity contribution in [1.29, 1.82) is 0 Å². The van der Waals surface area contributed by atoms with E-state index in [1.54, 1.807) is 13.8 Å². The van der Waals surface area contributed by atoms with Gasteiger partial charge in [-0.2, -0.15) is 0 Å². The molecule has 88 valence electrons. The largest absolute Gasteiger partial charge is 0.522 e. The summed E-state index contributed by atoms with van der Waals surface area (Å²) < 4.78 is 39.1. The third kappa shape index (κ3) is 3.70. The Labute approximate surface area is 86.0 Å². The van der Waals surface area contributed by atoms with Gasteiger partial charge in [0.2, 0.25) is 5.91 Å². The van der Waals surface area contributed by atoms with Crippen LogP contribution in [0.4, 0.5) is 13.2 Å². The second-order valence-corrected chi connectivity index (χ2v) is 4.14. The van der Waals surface area contributed by atoms with Gasteiger partial charge in [-0.15, -0.1) is 13.2 Å². The third-order valence-corrected chi connectivity index (χ3v) is 2.27. The number of rotatable bonds is 4. The van der Waals surface area contributed by atoms with Gasteiger partial charge < -0.3 is 5.32 Å². The average Bonchev–Trinajstić information content (AvgIpc) is 2.78. The summed E-state index contributed by atoms with van der Waals surface area (Å²) in [5.41, 5.74) is -0.945. The fourth-order valence-electron chi connectivity index (χ4n) is 1.22. The Hall–Kier alpha value is -0.780. The van der Waals surface area contributed by atoms with Gasteiger partial charge in [-0.25, -0.2) is 0 Å². The zero-order valence-electron chi connectivity index (χ0n) is 8.65. The first-order chi connectivity index (χ1) is 6.75. The molecule has 1 amide bonds. The minimum Gasteiger partial charge on any atom is -0.353 e. The zero-order chi connectivity index (χ0) is 11.7. The van der Waals surface area contributed by atoms with E-state index in [-0.39, 0.29) is 11.9 Å². The summed E-state index contributed by atoms with van der Waals surface area (Å²) in [6.07, 6.45) is -3.74. The SMILES string of the molecule is CC(C)NC(=O)C1(COC(F)(F)F)CC1. The summed E-state index contributed by atoms with van der Waals surface area (Å²) in [5, 5.41) is 2.60. The van der Waals surface area contributed by atoms with Crippen LogP contribution in [-0.2, 0) is 9.53 Å². The normalized spacial score (nSPS) is 19.1. The molecule has 1 saturated carbocycles. The van der Waals surface area contributed by atoms with E-state index in [0.717, 1.165) is 0 Å². The van der Waals surface area contributed by atoms with Gasteiger partial charge in [0.05, 0.1) is 12.0 Å². The second-order valence-electron chi connectivity index (χ2n) is 4.14. The van der Waals surface area contributed by atoms with Crippen molar-refractivity contribution in [3.8, 4) is 0 Å². The number of nitrogens with one attached hydrogen (secondary N) is 1. The van der Waals surface area contributed by atoms with Crippen molar-refractivity contribution in [3.05, 3.63) is 0 Å². The number of carbonyl (C=O) groups excluding carboxylic acids is 1. The lowest BCUT2D eigenvalue weighted by Crippen LogP contribution is -2.39. The Morgan fingerprint density at radius 3 is 2.33 bits per heavy atom. The standard InChI is InChI=1S/C9H14F3NO2/c1-6(2)13-7(14)8(3-4-8)5-15-9(10,11)12/h6H,3-5H2,1-2H3,(H,13,14). The van der Waals surface area contributed by atoms with Crippen LogP contribution in [0.3, 0.4) is 0 Å². The highest BCUT2D eigenvalue weighted by atomic mass is 19.4. The van der Waals surface area contributed by atoms with Crippen molar-refractivity contribution < 1.29 is 22.7 Å². The molecule has 1 aliphatic rings. The first-order valence-electron chi connectivity index (χ1n) is 4.77. The lowest BCUT2D eigenvalue weighted by molar-refractivity contribution is -0.328. The van der Waals surface area contributed by atoms with Gasteiger partial charge in [-0.05, 0) is 26.7 Å². The van der Waals surface area contributed by atoms with Crippen LogP contribution in [0.2, 0.25) is 0 Å². The van der Waals surface area contributed by atoms with Crippen LogP contribution in [0.1, 0.15) is 26.7 Å². The number of halogens is 3. The maximum atomic E-state index is 11.8. The fraction of sp³-hybridized carbons (Fsp3) is 0.889. The van der Waals surface area contributed by atoms with E-state index < -0.39 is 18.4 Å². The van der Waals surface area contributed by atoms with Gasteiger partial charge in [0.15, 0.2) is 0 Å². The first-order valence-corrected chi connectivity index (χ1v) is 4.77. The average molecular weight is 225 g/mol. The quantitative estimate of drug-likeness (QED) is 0.792. The molecule has 0 aromatic heterocycles. The van der Waals surface area contributed by atoms with Gasteiger partial charge in [-0.3, -0.25) is 9.53 Å². The van der Waals surface area contributed by atoms with Crippen molar-refractivity contribution in [3.63, 3.8) is 0 Å². The van der Waals surface area contributed by atoms with Crippen molar-refractivity contribution in [2.75, 3.05) is 6.61 Å². The van der Waals surface area contributed by atoms with Crippen LogP contribution in [0.15, 0.2) is 0 Å². The van der Waals surface area contributed by atoms with Crippen LogP contribution in [0.5, 0.6) is 0 Å². The lowest BCUT2D eigenvalue weighted by atomic mass is 10.1. The molecule has 0 saturated heterocycles. The van der Waals surface area contributed by atoms with E-state index in [0.29, 0.717) is 12.8 Å². The van der Waals surface area contributed by atoms with E-state index in [9.17, 15) is 18.0 Å². The molecule has 6 heteroatoms. The summed E-state index contributed by atoms with van der Waals surface area (Å²) >= 11 is 0. The van der Waals surface area contributed by atoms with E-state index in [1.807, 2.05) is 0 Å². The molecule has 0 aromatic rings. The topological polar surface area (TPSA) is 38.3 Å². The first kappa shape index (κ1) is 12.3. The van der Waals surface area contributed by atoms with E-state index >= 15 is 0 Å². The summed E-state index contributed by atoms with van der Waals surface area (Å²) in [7, 11) is 0. The number of hydrogen-bond donors (Lipinski definition) is 1. The Morgan fingerprint density at radius 2 is 2.00 bits per heavy atom. The third-order valence-electron chi connectivity index (χ3n) is 2.27. The minimum absolute atomic E-state index is 0.0686. The summed E-state index contributed by atoms with van der Waals surface area (Å²) in [6.45, 7) is 2.95. The molecule has 0 heterocycles. The molecule has 1 aliphatic carbocycles. The highest BCUT2D eigenvalue weighted by Gasteiger charge is 2.52. The van der Waals surface area contributed by atoms with Crippen LogP contribution in [0.25, 0.3) is 0 Å². The fourth-order valence-corrected chi connectivity index (χ4v) is 1.22. The van der Waals surface area contributed by atoms with Crippen molar-refractivity contribution in [2.45, 2.75) is 39.1 Å². The molecular weight excluding hydrogens is 211 g/mol. The molecule has 0 atom stereocenters. The van der Waals surface area contributed by atoms with E-state index in [2.05, 4.69) is 10.1 Å². The van der Waals surface area contributed by atoms with Crippen LogP contribution < -0.4 is 5.32 Å². The molecule has 3 nitrogen and oxygen atoms in total. The van der Waals surface area contributed by atoms with Crippen molar-refractivity contribution >= 4 is 5.91 Å². The predicted molar refractivity (Wildman–Crippen MR) is 47.0 cm³/mol. The Kier molecular flexibility index (Phi) is 3.28. The van der Waals surface area contributed by atoms with Gasteiger partial charge in [-0.1, -0.05) is 0 Å². The van der Waals surface area contributed by atoms with Gasteiger partial charge in [0, 0.05) is 6.04 Å². The summed E-state index contributed by atoms with van der Waals surface area (Å²) in [4.78, 5) is 11.5. The second kappa shape index (κ2) is 4.00. The van der Waals surface area contributed by atoms with E-state index in [1.165, 1.54) is 0 Å². The number of hydrogen-bond acceptors (Lipinski definition) is 2. The molecule has 0 radical (unpaired) electrons. The minimum atomic E-state index is -4.66. The Bertz CT molecular complexity index is 246. The summed E-state index contributed by atoms with van der Waals surface area (Å²) in [5.74, 6) is -0.346. The highest BCUT2D eigenvalue weighted by molar-refractivity contribution is 5.85. The Morgan fingerprint density at radius 1 is 1.47 bits per heavy atom. The molecule has 0 unspecified atom stereocenters. The molecular formula is C9H14F3NO2. The van der Waals surface area contributed by atoms with Crippen molar-refractivity contribution in [2.24, 2.45) is 5.41 Å². The number of carbonyl (C=O) groups is 1. The molecule has 1 fully saturated rings. The zero-order valence-corrected chi connectivity index (χ0v) is 8.65. The molecule has 0 aliphatic heterocycles. The lowest BCUT2D eigenvalue weighted by Gasteiger charge is -2.18. The summed E-state index contributed by atoms with van der Waals surface area (Å²) in [6, 6.07) is -0.0686. The molecule has 15 heavy (non-hydrogen) atoms. The predicted octanol–water partition coefficient (Wildman–Crippen LogP) is 1.83. The van der Waals surface area contributed by atoms with Crippen LogP contribution in [-0.4, -0.2) is 24.9 Å². The molecule has 1 N–H and O–H groups in total. The van der Waals surface area contributed by atoms with Gasteiger partial charge >= 0.3 is 6.36 Å². The highest BCUT2D eigenvalue weighted by Crippen LogP contribution is 2.47. The van der Waals surface area contributed by atoms with Gasteiger partial charge in [0.1, 0.15) is 0 Å². The van der Waals surface area contributed by atoms with Crippen LogP contribution >= 0.6 is 0 Å². The van der Waals surface area contributed by atoms with Crippen molar-refractivity contribution in [1.82, 2.24) is 5.32 Å². The molecule has 0 spiro atoms. The monoisotopic (exact) mass is 225 g/mol. The molecule has 0 aromatic carbocycles. The smallest absolute Gasteiger partial charge is 0.353 e. The maximum Gasteiger partial charge on any atom is 0.522 e. The molecule has 1 rings (SSSR count). The van der Waals surface area contributed by atoms with Gasteiger partial charge in [0.25, 0.3) is 0 Å². The number of alkyl halides is 3. The van der Waals surface area contributed by atoms with E-state index in [4.69, 9.17) is 0 Å². The molecule has 0 bridgehead atoms. The maximum absolute atomic E-state index is 11.8. The Balaban J connectivity index is 2.43.